The van der Waals surface area contributed by atoms with E-state index in [0.717, 1.165) is 12.3 Å². The minimum atomic E-state index is 0.187. The SMILES string of the molecule is CC(C)NCC(C)C(C)c1cncc(OC(C)C)c1. The normalized spacial score (nSPS) is 14.7. The predicted molar refractivity (Wildman–Crippen MR) is 80.7 cm³/mol. The molecule has 1 aromatic heterocycles. The molecule has 0 fully saturated rings. The summed E-state index contributed by atoms with van der Waals surface area (Å²) in [6.07, 6.45) is 3.92. The number of rotatable bonds is 7. The second kappa shape index (κ2) is 7.49. The molecule has 1 aromatic rings. The summed E-state index contributed by atoms with van der Waals surface area (Å²) in [5, 5.41) is 3.49. The number of nitrogens with zero attached hydrogens (tertiary/aromatic N) is 1. The lowest BCUT2D eigenvalue weighted by atomic mass is 9.89. The van der Waals surface area contributed by atoms with Gasteiger partial charge in [0, 0.05) is 12.2 Å². The lowest BCUT2D eigenvalue weighted by Crippen LogP contribution is -2.29. The van der Waals surface area contributed by atoms with Crippen LogP contribution in [0.3, 0.4) is 0 Å². The van der Waals surface area contributed by atoms with Gasteiger partial charge in [0.25, 0.3) is 0 Å². The monoisotopic (exact) mass is 264 g/mol. The van der Waals surface area contributed by atoms with Gasteiger partial charge in [-0.05, 0) is 43.9 Å². The first-order chi connectivity index (χ1) is 8.90. The van der Waals surface area contributed by atoms with Crippen LogP contribution in [0.1, 0.15) is 53.0 Å². The summed E-state index contributed by atoms with van der Waals surface area (Å²) in [6, 6.07) is 2.65. The Labute approximate surface area is 117 Å². The second-order valence-corrected chi connectivity index (χ2v) is 5.95. The highest BCUT2D eigenvalue weighted by atomic mass is 16.5. The van der Waals surface area contributed by atoms with Crippen LogP contribution in [0.2, 0.25) is 0 Å². The Balaban J connectivity index is 2.67. The summed E-state index contributed by atoms with van der Waals surface area (Å²) < 4.78 is 5.70. The van der Waals surface area contributed by atoms with E-state index in [0.29, 0.717) is 17.9 Å². The topological polar surface area (TPSA) is 34.2 Å². The number of hydrogen-bond donors (Lipinski definition) is 1. The van der Waals surface area contributed by atoms with Gasteiger partial charge in [-0.1, -0.05) is 27.7 Å². The van der Waals surface area contributed by atoms with Crippen molar-refractivity contribution in [1.82, 2.24) is 10.3 Å². The van der Waals surface area contributed by atoms with Gasteiger partial charge in [-0.25, -0.2) is 0 Å². The van der Waals surface area contributed by atoms with E-state index in [-0.39, 0.29) is 6.10 Å². The highest BCUT2D eigenvalue weighted by Gasteiger charge is 2.15. The minimum absolute atomic E-state index is 0.187. The minimum Gasteiger partial charge on any atom is -0.489 e. The molecule has 2 atom stereocenters. The molecule has 3 nitrogen and oxygen atoms in total. The van der Waals surface area contributed by atoms with Crippen LogP contribution in [0.15, 0.2) is 18.5 Å². The zero-order valence-corrected chi connectivity index (χ0v) is 13.1. The van der Waals surface area contributed by atoms with Gasteiger partial charge in [-0.15, -0.1) is 0 Å². The zero-order valence-electron chi connectivity index (χ0n) is 13.1. The molecule has 108 valence electrons. The molecule has 0 aromatic carbocycles. The number of pyridine rings is 1. The Bertz CT molecular complexity index is 377. The quantitative estimate of drug-likeness (QED) is 0.817. The van der Waals surface area contributed by atoms with Gasteiger partial charge in [0.2, 0.25) is 0 Å². The molecule has 0 spiro atoms. The average Bonchev–Trinajstić information content (AvgIpc) is 2.34. The largest absolute Gasteiger partial charge is 0.489 e. The van der Waals surface area contributed by atoms with Crippen molar-refractivity contribution in [3.8, 4) is 5.75 Å². The summed E-state index contributed by atoms with van der Waals surface area (Å²) in [6.45, 7) is 14.0. The van der Waals surface area contributed by atoms with Gasteiger partial charge in [0.1, 0.15) is 5.75 Å². The maximum absolute atomic E-state index is 5.70. The van der Waals surface area contributed by atoms with E-state index in [9.17, 15) is 0 Å². The molecule has 0 aliphatic rings. The number of nitrogens with one attached hydrogen (secondary N) is 1. The Morgan fingerprint density at radius 3 is 2.37 bits per heavy atom. The van der Waals surface area contributed by atoms with Crippen LogP contribution in [0.25, 0.3) is 0 Å². The van der Waals surface area contributed by atoms with Crippen molar-refractivity contribution in [3.63, 3.8) is 0 Å². The van der Waals surface area contributed by atoms with Gasteiger partial charge in [0.05, 0.1) is 12.3 Å². The van der Waals surface area contributed by atoms with Crippen molar-refractivity contribution in [2.45, 2.75) is 59.6 Å². The fraction of sp³-hybridized carbons (Fsp3) is 0.688. The molecule has 1 N–H and O–H groups in total. The van der Waals surface area contributed by atoms with E-state index in [1.807, 2.05) is 20.0 Å². The fourth-order valence-electron chi connectivity index (χ4n) is 1.95. The summed E-state index contributed by atoms with van der Waals surface area (Å²) >= 11 is 0. The lowest BCUT2D eigenvalue weighted by Gasteiger charge is -2.22. The number of ether oxygens (including phenoxy) is 1. The lowest BCUT2D eigenvalue weighted by molar-refractivity contribution is 0.241. The molecular formula is C16H28N2O. The van der Waals surface area contributed by atoms with Crippen LogP contribution in [-0.4, -0.2) is 23.7 Å². The van der Waals surface area contributed by atoms with E-state index in [1.54, 1.807) is 6.20 Å². The first-order valence-electron chi connectivity index (χ1n) is 7.25. The van der Waals surface area contributed by atoms with E-state index in [1.165, 1.54) is 5.56 Å². The van der Waals surface area contributed by atoms with E-state index >= 15 is 0 Å². The standard InChI is InChI=1S/C16H28N2O/c1-11(2)18-8-13(5)14(6)15-7-16(10-17-9-15)19-12(3)4/h7,9-14,18H,8H2,1-6H3. The van der Waals surface area contributed by atoms with Crippen LogP contribution in [0.4, 0.5) is 0 Å². The van der Waals surface area contributed by atoms with Crippen LogP contribution in [-0.2, 0) is 0 Å². The molecule has 0 saturated carbocycles. The number of aromatic nitrogens is 1. The molecule has 3 heteroatoms. The summed E-state index contributed by atoms with van der Waals surface area (Å²) in [7, 11) is 0. The molecule has 19 heavy (non-hydrogen) atoms. The molecular weight excluding hydrogens is 236 g/mol. The van der Waals surface area contributed by atoms with Gasteiger partial charge in [-0.3, -0.25) is 4.98 Å². The Kier molecular flexibility index (Phi) is 6.29. The Morgan fingerprint density at radius 2 is 1.79 bits per heavy atom. The van der Waals surface area contributed by atoms with Crippen molar-refractivity contribution >= 4 is 0 Å². The summed E-state index contributed by atoms with van der Waals surface area (Å²) in [5.41, 5.74) is 1.25. The molecule has 0 amide bonds. The van der Waals surface area contributed by atoms with Crippen LogP contribution >= 0.6 is 0 Å². The fourth-order valence-corrected chi connectivity index (χ4v) is 1.95. The molecule has 1 rings (SSSR count). The van der Waals surface area contributed by atoms with Crippen molar-refractivity contribution in [2.24, 2.45) is 5.92 Å². The molecule has 2 unspecified atom stereocenters. The summed E-state index contributed by atoms with van der Waals surface area (Å²) in [5.74, 6) is 1.90. The van der Waals surface area contributed by atoms with Crippen molar-refractivity contribution in [2.75, 3.05) is 6.54 Å². The van der Waals surface area contributed by atoms with Crippen molar-refractivity contribution in [1.29, 1.82) is 0 Å². The predicted octanol–water partition coefficient (Wildman–Crippen LogP) is 3.61. The number of hydrogen-bond acceptors (Lipinski definition) is 3. The molecule has 0 bridgehead atoms. The van der Waals surface area contributed by atoms with Crippen molar-refractivity contribution in [3.05, 3.63) is 24.0 Å². The maximum atomic E-state index is 5.70. The first kappa shape index (κ1) is 16.0. The van der Waals surface area contributed by atoms with Gasteiger partial charge < -0.3 is 10.1 Å². The van der Waals surface area contributed by atoms with Gasteiger partial charge in [-0.2, -0.15) is 0 Å². The molecule has 1 heterocycles. The Hall–Kier alpha value is -1.09. The Morgan fingerprint density at radius 1 is 1.11 bits per heavy atom. The van der Waals surface area contributed by atoms with Crippen LogP contribution in [0.5, 0.6) is 5.75 Å². The highest BCUT2D eigenvalue weighted by molar-refractivity contribution is 5.26. The first-order valence-corrected chi connectivity index (χ1v) is 7.25. The second-order valence-electron chi connectivity index (χ2n) is 5.95. The van der Waals surface area contributed by atoms with Crippen molar-refractivity contribution < 1.29 is 4.74 Å². The third kappa shape index (κ3) is 5.60. The van der Waals surface area contributed by atoms with Crippen LogP contribution < -0.4 is 10.1 Å². The highest BCUT2D eigenvalue weighted by Crippen LogP contribution is 2.26. The smallest absolute Gasteiger partial charge is 0.138 e. The van der Waals surface area contributed by atoms with Crippen LogP contribution in [0, 0.1) is 5.92 Å². The molecule has 0 radical (unpaired) electrons. The third-order valence-electron chi connectivity index (χ3n) is 3.33. The average molecular weight is 264 g/mol. The van der Waals surface area contributed by atoms with E-state index < -0.39 is 0 Å². The third-order valence-corrected chi connectivity index (χ3v) is 3.33. The molecule has 0 aliphatic carbocycles. The van der Waals surface area contributed by atoms with E-state index in [4.69, 9.17) is 4.74 Å². The molecule has 0 aliphatic heterocycles. The summed E-state index contributed by atoms with van der Waals surface area (Å²) in [4.78, 5) is 4.29. The zero-order chi connectivity index (χ0) is 14.4. The van der Waals surface area contributed by atoms with Gasteiger partial charge in [0.15, 0.2) is 0 Å². The maximum Gasteiger partial charge on any atom is 0.138 e. The van der Waals surface area contributed by atoms with Gasteiger partial charge >= 0.3 is 0 Å². The molecule has 0 saturated heterocycles. The van der Waals surface area contributed by atoms with E-state index in [2.05, 4.69) is 44.1 Å².